The fraction of sp³-hybridized carbons (Fsp3) is 0.400. The van der Waals surface area contributed by atoms with Gasteiger partial charge in [0.25, 0.3) is 0 Å². The van der Waals surface area contributed by atoms with Crippen LogP contribution >= 0.6 is 0 Å². The van der Waals surface area contributed by atoms with E-state index in [0.717, 1.165) is 18.7 Å². The lowest BCUT2D eigenvalue weighted by molar-refractivity contribution is -0.108. The lowest BCUT2D eigenvalue weighted by Crippen LogP contribution is -2.07. The van der Waals surface area contributed by atoms with Crippen LogP contribution in [0, 0.1) is 0 Å². The fourth-order valence-corrected chi connectivity index (χ4v) is 0.664. The Morgan fingerprint density at radius 2 is 2.75 bits per heavy atom. The van der Waals surface area contributed by atoms with Crippen LogP contribution in [0.4, 0.5) is 0 Å². The maximum atomic E-state index is 9.78. The van der Waals surface area contributed by atoms with E-state index in [-0.39, 0.29) is 0 Å². The molecule has 2 N–H and O–H groups in total. The van der Waals surface area contributed by atoms with Crippen molar-refractivity contribution in [3.63, 3.8) is 0 Å². The minimum atomic E-state index is 0.693. The van der Waals surface area contributed by atoms with Crippen LogP contribution in [0.2, 0.25) is 0 Å². The summed E-state index contributed by atoms with van der Waals surface area (Å²) in [6.45, 7) is 0.941. The molecule has 0 radical (unpaired) electrons. The van der Waals surface area contributed by atoms with Crippen molar-refractivity contribution >= 4 is 6.41 Å². The van der Waals surface area contributed by atoms with Crippen LogP contribution in [0.15, 0.2) is 11.9 Å². The maximum absolute atomic E-state index is 9.78. The van der Waals surface area contributed by atoms with Crippen molar-refractivity contribution in [1.29, 1.82) is 0 Å². The van der Waals surface area contributed by atoms with E-state index in [9.17, 15) is 4.79 Å². The molecule has 0 saturated carbocycles. The highest BCUT2D eigenvalue weighted by atomic mass is 16.1. The van der Waals surface area contributed by atoms with Crippen LogP contribution in [0.1, 0.15) is 6.42 Å². The van der Waals surface area contributed by atoms with Gasteiger partial charge in [-0.05, 0) is 0 Å². The molecule has 0 bridgehead atoms. The molecular formula is C5H8N2O. The number of carbonyl (C=O) groups excluding carboxylic acids is 1. The van der Waals surface area contributed by atoms with Crippen molar-refractivity contribution in [2.75, 3.05) is 6.54 Å². The van der Waals surface area contributed by atoms with Gasteiger partial charge in [-0.15, -0.1) is 0 Å². The Bertz CT molecular complexity index is 120. The Morgan fingerprint density at radius 1 is 1.88 bits per heavy atom. The van der Waals surface area contributed by atoms with Crippen LogP contribution in [0.3, 0.4) is 0 Å². The van der Waals surface area contributed by atoms with Crippen LogP contribution in [0.25, 0.3) is 0 Å². The van der Waals surface area contributed by atoms with Crippen molar-refractivity contribution in [2.24, 2.45) is 0 Å². The molecule has 44 valence electrons. The molecule has 8 heavy (non-hydrogen) atoms. The zero-order valence-corrected chi connectivity index (χ0v) is 4.48. The second-order valence-electron chi connectivity index (χ2n) is 1.64. The van der Waals surface area contributed by atoms with Gasteiger partial charge in [0, 0.05) is 24.9 Å². The first-order chi connectivity index (χ1) is 3.93. The molecule has 3 heteroatoms. The standard InChI is InChI=1S/C5H8N2O/c8-4-7-5-1-2-6-3-5/h3-4,6H,1-2H2,(H,7,8). The normalized spacial score (nSPS) is 16.8. The predicted molar refractivity (Wildman–Crippen MR) is 29.9 cm³/mol. The van der Waals surface area contributed by atoms with Crippen molar-refractivity contribution in [2.45, 2.75) is 6.42 Å². The number of hydrogen-bond acceptors (Lipinski definition) is 2. The van der Waals surface area contributed by atoms with Gasteiger partial charge >= 0.3 is 0 Å². The molecule has 0 aromatic rings. The van der Waals surface area contributed by atoms with E-state index in [1.165, 1.54) is 0 Å². The number of amides is 1. The van der Waals surface area contributed by atoms with Crippen LogP contribution in [-0.2, 0) is 4.79 Å². The Morgan fingerprint density at radius 3 is 3.25 bits per heavy atom. The fourth-order valence-electron chi connectivity index (χ4n) is 0.664. The highest BCUT2D eigenvalue weighted by Crippen LogP contribution is 1.97. The number of hydrogen-bond donors (Lipinski definition) is 2. The van der Waals surface area contributed by atoms with Crippen LogP contribution in [-0.4, -0.2) is 13.0 Å². The lowest BCUT2D eigenvalue weighted by Gasteiger charge is -1.91. The van der Waals surface area contributed by atoms with Gasteiger partial charge in [-0.1, -0.05) is 0 Å². The minimum Gasteiger partial charge on any atom is -0.389 e. The molecule has 1 aliphatic rings. The van der Waals surface area contributed by atoms with E-state index in [2.05, 4.69) is 10.6 Å². The molecular weight excluding hydrogens is 104 g/mol. The third-order valence-corrected chi connectivity index (χ3v) is 1.06. The van der Waals surface area contributed by atoms with Gasteiger partial charge < -0.3 is 10.6 Å². The summed E-state index contributed by atoms with van der Waals surface area (Å²) < 4.78 is 0. The minimum absolute atomic E-state index is 0.693. The third-order valence-electron chi connectivity index (χ3n) is 1.06. The van der Waals surface area contributed by atoms with Crippen molar-refractivity contribution in [3.05, 3.63) is 11.9 Å². The first kappa shape index (κ1) is 5.15. The smallest absolute Gasteiger partial charge is 0.211 e. The molecule has 1 amide bonds. The average Bonchev–Trinajstić information content (AvgIpc) is 2.19. The van der Waals surface area contributed by atoms with Crippen molar-refractivity contribution < 1.29 is 4.79 Å². The lowest BCUT2D eigenvalue weighted by atomic mass is 10.4. The molecule has 0 aromatic heterocycles. The number of nitrogens with one attached hydrogen (secondary N) is 2. The summed E-state index contributed by atoms with van der Waals surface area (Å²) in [6, 6.07) is 0. The number of carbonyl (C=O) groups is 1. The van der Waals surface area contributed by atoms with E-state index < -0.39 is 0 Å². The van der Waals surface area contributed by atoms with E-state index >= 15 is 0 Å². The molecule has 1 heterocycles. The SMILES string of the molecule is O=CNC1=CNCC1. The van der Waals surface area contributed by atoms with Gasteiger partial charge in [-0.3, -0.25) is 4.79 Å². The van der Waals surface area contributed by atoms with E-state index in [1.807, 2.05) is 6.20 Å². The quantitative estimate of drug-likeness (QED) is 0.476. The summed E-state index contributed by atoms with van der Waals surface area (Å²) in [5, 5.41) is 5.54. The zero-order valence-electron chi connectivity index (χ0n) is 4.48. The largest absolute Gasteiger partial charge is 0.389 e. The molecule has 0 aromatic carbocycles. The summed E-state index contributed by atoms with van der Waals surface area (Å²) in [7, 11) is 0. The second kappa shape index (κ2) is 2.35. The summed E-state index contributed by atoms with van der Waals surface area (Å²) in [5.74, 6) is 0. The Balaban J connectivity index is 2.33. The molecule has 0 fully saturated rings. The van der Waals surface area contributed by atoms with E-state index in [0.29, 0.717) is 6.41 Å². The molecule has 1 aliphatic heterocycles. The monoisotopic (exact) mass is 112 g/mol. The third kappa shape index (κ3) is 0.992. The van der Waals surface area contributed by atoms with Gasteiger partial charge in [0.2, 0.25) is 6.41 Å². The van der Waals surface area contributed by atoms with Crippen LogP contribution in [0.5, 0.6) is 0 Å². The molecule has 0 unspecified atom stereocenters. The summed E-state index contributed by atoms with van der Waals surface area (Å²) >= 11 is 0. The van der Waals surface area contributed by atoms with Gasteiger partial charge in [0.1, 0.15) is 0 Å². The molecule has 0 atom stereocenters. The summed E-state index contributed by atoms with van der Waals surface area (Å²) in [5.41, 5.74) is 0.972. The molecule has 0 spiro atoms. The summed E-state index contributed by atoms with van der Waals surface area (Å²) in [4.78, 5) is 9.78. The van der Waals surface area contributed by atoms with Gasteiger partial charge in [0.15, 0.2) is 0 Å². The molecule has 0 aliphatic carbocycles. The average molecular weight is 112 g/mol. The van der Waals surface area contributed by atoms with E-state index in [4.69, 9.17) is 0 Å². The Labute approximate surface area is 47.8 Å². The first-order valence-corrected chi connectivity index (χ1v) is 2.56. The van der Waals surface area contributed by atoms with Gasteiger partial charge in [-0.25, -0.2) is 0 Å². The maximum Gasteiger partial charge on any atom is 0.211 e. The predicted octanol–water partition coefficient (Wildman–Crippen LogP) is -0.433. The van der Waals surface area contributed by atoms with Gasteiger partial charge in [-0.2, -0.15) is 0 Å². The second-order valence-corrected chi connectivity index (χ2v) is 1.64. The number of rotatable bonds is 2. The van der Waals surface area contributed by atoms with Crippen LogP contribution < -0.4 is 10.6 Å². The molecule has 3 nitrogen and oxygen atoms in total. The topological polar surface area (TPSA) is 41.1 Å². The summed E-state index contributed by atoms with van der Waals surface area (Å²) in [6.07, 6.45) is 3.44. The van der Waals surface area contributed by atoms with E-state index in [1.54, 1.807) is 0 Å². The van der Waals surface area contributed by atoms with Crippen molar-refractivity contribution in [1.82, 2.24) is 10.6 Å². The highest BCUT2D eigenvalue weighted by molar-refractivity contribution is 5.50. The Kier molecular flexibility index (Phi) is 1.51. The van der Waals surface area contributed by atoms with Crippen molar-refractivity contribution in [3.8, 4) is 0 Å². The molecule has 0 saturated heterocycles. The van der Waals surface area contributed by atoms with Gasteiger partial charge in [0.05, 0.1) is 0 Å². The first-order valence-electron chi connectivity index (χ1n) is 2.56. The highest BCUT2D eigenvalue weighted by Gasteiger charge is 1.99. The Hall–Kier alpha value is -0.990. The zero-order chi connectivity index (χ0) is 5.82. The molecule has 1 rings (SSSR count).